The average Bonchev–Trinajstić information content (AvgIpc) is 2.62. The summed E-state index contributed by atoms with van der Waals surface area (Å²) >= 11 is 6.16. The molecule has 0 aliphatic carbocycles. The van der Waals surface area contributed by atoms with Crippen LogP contribution in [0.25, 0.3) is 0 Å². The van der Waals surface area contributed by atoms with Crippen molar-refractivity contribution in [3.05, 3.63) is 52.6 Å². The number of benzene rings is 1. The van der Waals surface area contributed by atoms with Gasteiger partial charge in [-0.05, 0) is 18.1 Å². The molecule has 0 spiro atoms. The molecule has 1 atom stereocenters. The Bertz CT molecular complexity index is 522. The van der Waals surface area contributed by atoms with Crippen molar-refractivity contribution in [1.82, 2.24) is 9.78 Å². The van der Waals surface area contributed by atoms with E-state index < -0.39 is 5.95 Å². The van der Waals surface area contributed by atoms with Crippen LogP contribution in [0.15, 0.2) is 30.5 Å². The highest BCUT2D eigenvalue weighted by Crippen LogP contribution is 2.33. The molecule has 0 unspecified atom stereocenters. The summed E-state index contributed by atoms with van der Waals surface area (Å²) in [5.74, 6) is -0.461. The molecule has 0 aliphatic rings. The van der Waals surface area contributed by atoms with Crippen LogP contribution < -0.4 is 0 Å². The molecule has 0 saturated carbocycles. The van der Waals surface area contributed by atoms with Gasteiger partial charge in [-0.3, -0.25) is 4.68 Å². The fourth-order valence-electron chi connectivity index (χ4n) is 2.08. The highest BCUT2D eigenvalue weighted by molar-refractivity contribution is 6.31. The summed E-state index contributed by atoms with van der Waals surface area (Å²) in [7, 11) is 1.71. The van der Waals surface area contributed by atoms with Gasteiger partial charge in [-0.15, -0.1) is 5.10 Å². The van der Waals surface area contributed by atoms with E-state index in [1.54, 1.807) is 13.2 Å². The van der Waals surface area contributed by atoms with Crippen LogP contribution in [0, 0.1) is 5.95 Å². The van der Waals surface area contributed by atoms with Crippen LogP contribution in [-0.2, 0) is 7.05 Å². The second kappa shape index (κ2) is 4.88. The Labute approximate surface area is 105 Å². The smallest absolute Gasteiger partial charge is 0.236 e. The van der Waals surface area contributed by atoms with E-state index in [0.29, 0.717) is 10.6 Å². The van der Waals surface area contributed by atoms with Crippen LogP contribution in [-0.4, -0.2) is 9.78 Å². The van der Waals surface area contributed by atoms with E-state index in [0.717, 1.165) is 12.0 Å². The molecule has 0 amide bonds. The van der Waals surface area contributed by atoms with Gasteiger partial charge in [0.05, 0.1) is 0 Å². The molecule has 0 bridgehead atoms. The van der Waals surface area contributed by atoms with Gasteiger partial charge in [-0.2, -0.15) is 4.39 Å². The average molecular weight is 253 g/mol. The molecule has 0 saturated heterocycles. The summed E-state index contributed by atoms with van der Waals surface area (Å²) in [5, 5.41) is 4.41. The van der Waals surface area contributed by atoms with Crippen LogP contribution >= 0.6 is 11.6 Å². The van der Waals surface area contributed by atoms with E-state index in [2.05, 4.69) is 5.10 Å². The summed E-state index contributed by atoms with van der Waals surface area (Å²) in [4.78, 5) is 0. The minimum atomic E-state index is -0.417. The number of hydrogen-bond acceptors (Lipinski definition) is 1. The van der Waals surface area contributed by atoms with Gasteiger partial charge in [0.1, 0.15) is 0 Å². The summed E-state index contributed by atoms with van der Waals surface area (Å²) in [6, 6.07) is 7.55. The van der Waals surface area contributed by atoms with Crippen molar-refractivity contribution in [3.63, 3.8) is 0 Å². The topological polar surface area (TPSA) is 17.8 Å². The molecule has 2 nitrogen and oxygen atoms in total. The summed E-state index contributed by atoms with van der Waals surface area (Å²) < 4.78 is 15.2. The maximum Gasteiger partial charge on any atom is 0.236 e. The molecular weight excluding hydrogens is 239 g/mol. The van der Waals surface area contributed by atoms with E-state index in [9.17, 15) is 4.39 Å². The zero-order valence-corrected chi connectivity index (χ0v) is 10.6. The number of aromatic nitrogens is 2. The molecule has 0 fully saturated rings. The van der Waals surface area contributed by atoms with Crippen molar-refractivity contribution in [1.29, 1.82) is 0 Å². The number of aryl methyl sites for hydroxylation is 1. The van der Waals surface area contributed by atoms with Crippen molar-refractivity contribution in [3.8, 4) is 0 Å². The lowest BCUT2D eigenvalue weighted by atomic mass is 9.91. The predicted octanol–water partition coefficient (Wildman–Crippen LogP) is 3.75. The lowest BCUT2D eigenvalue weighted by molar-refractivity contribution is 0.537. The van der Waals surface area contributed by atoms with Crippen LogP contribution in [0.5, 0.6) is 0 Å². The molecular formula is C13H14ClFN2. The summed E-state index contributed by atoms with van der Waals surface area (Å²) in [6.07, 6.45) is 2.50. The molecule has 0 aliphatic heterocycles. The molecule has 1 heterocycles. The quantitative estimate of drug-likeness (QED) is 0.813. The molecule has 2 rings (SSSR count). The van der Waals surface area contributed by atoms with Crippen LogP contribution in [0.2, 0.25) is 5.02 Å². The van der Waals surface area contributed by atoms with Crippen molar-refractivity contribution < 1.29 is 4.39 Å². The first-order chi connectivity index (χ1) is 8.13. The Balaban J connectivity index is 2.47. The van der Waals surface area contributed by atoms with Crippen molar-refractivity contribution >= 4 is 11.6 Å². The Morgan fingerprint density at radius 3 is 2.59 bits per heavy atom. The van der Waals surface area contributed by atoms with Gasteiger partial charge in [-0.25, -0.2) is 0 Å². The van der Waals surface area contributed by atoms with Gasteiger partial charge in [0.2, 0.25) is 5.95 Å². The maximum atomic E-state index is 13.7. The standard InChI is InChI=1S/C13H14ClFN2/c1-3-9(10-6-4-5-7-12(10)14)11-8-17(2)16-13(11)15/h4-9H,3H2,1-2H3/t9-/m0/s1. The van der Waals surface area contributed by atoms with Crippen LogP contribution in [0.3, 0.4) is 0 Å². The lowest BCUT2D eigenvalue weighted by Gasteiger charge is -2.15. The molecule has 1 aromatic carbocycles. The first-order valence-electron chi connectivity index (χ1n) is 5.57. The van der Waals surface area contributed by atoms with Gasteiger partial charge >= 0.3 is 0 Å². The minimum absolute atomic E-state index is 0.0441. The summed E-state index contributed by atoms with van der Waals surface area (Å²) in [6.45, 7) is 2.01. The van der Waals surface area contributed by atoms with Gasteiger partial charge in [0.25, 0.3) is 0 Å². The van der Waals surface area contributed by atoms with E-state index >= 15 is 0 Å². The first-order valence-corrected chi connectivity index (χ1v) is 5.94. The second-order valence-corrected chi connectivity index (χ2v) is 4.44. The van der Waals surface area contributed by atoms with E-state index in [1.807, 2.05) is 31.2 Å². The molecule has 4 heteroatoms. The van der Waals surface area contributed by atoms with Gasteiger partial charge in [0, 0.05) is 29.7 Å². The second-order valence-electron chi connectivity index (χ2n) is 4.03. The molecule has 0 N–H and O–H groups in total. The van der Waals surface area contributed by atoms with E-state index in [-0.39, 0.29) is 5.92 Å². The number of rotatable bonds is 3. The third-order valence-electron chi connectivity index (χ3n) is 2.87. The zero-order valence-electron chi connectivity index (χ0n) is 9.82. The van der Waals surface area contributed by atoms with Gasteiger partial charge < -0.3 is 0 Å². The summed E-state index contributed by atoms with van der Waals surface area (Å²) in [5.41, 5.74) is 1.55. The van der Waals surface area contributed by atoms with E-state index in [1.165, 1.54) is 4.68 Å². The third kappa shape index (κ3) is 2.34. The maximum absolute atomic E-state index is 13.7. The molecule has 1 aromatic heterocycles. The lowest BCUT2D eigenvalue weighted by Crippen LogP contribution is -2.01. The molecule has 0 radical (unpaired) electrons. The first kappa shape index (κ1) is 12.1. The van der Waals surface area contributed by atoms with E-state index in [4.69, 9.17) is 11.6 Å². The largest absolute Gasteiger partial charge is 0.273 e. The molecule has 90 valence electrons. The Hall–Kier alpha value is -1.35. The van der Waals surface area contributed by atoms with Crippen molar-refractivity contribution in [2.24, 2.45) is 7.05 Å². The highest BCUT2D eigenvalue weighted by atomic mass is 35.5. The third-order valence-corrected chi connectivity index (χ3v) is 3.22. The van der Waals surface area contributed by atoms with Crippen molar-refractivity contribution in [2.45, 2.75) is 19.3 Å². The zero-order chi connectivity index (χ0) is 12.4. The number of nitrogens with zero attached hydrogens (tertiary/aromatic N) is 2. The Morgan fingerprint density at radius 2 is 2.06 bits per heavy atom. The van der Waals surface area contributed by atoms with Crippen LogP contribution in [0.1, 0.15) is 30.4 Å². The highest BCUT2D eigenvalue weighted by Gasteiger charge is 2.20. The number of halogens is 2. The Kier molecular flexibility index (Phi) is 3.48. The fourth-order valence-corrected chi connectivity index (χ4v) is 2.35. The fraction of sp³-hybridized carbons (Fsp3) is 0.308. The minimum Gasteiger partial charge on any atom is -0.273 e. The molecule has 17 heavy (non-hydrogen) atoms. The normalized spacial score (nSPS) is 12.7. The van der Waals surface area contributed by atoms with Gasteiger partial charge in [0.15, 0.2) is 0 Å². The van der Waals surface area contributed by atoms with Crippen LogP contribution in [0.4, 0.5) is 4.39 Å². The monoisotopic (exact) mass is 252 g/mol. The predicted molar refractivity (Wildman–Crippen MR) is 66.8 cm³/mol. The number of hydrogen-bond donors (Lipinski definition) is 0. The molecule has 2 aromatic rings. The van der Waals surface area contributed by atoms with Gasteiger partial charge in [-0.1, -0.05) is 36.7 Å². The Morgan fingerprint density at radius 1 is 1.35 bits per heavy atom. The van der Waals surface area contributed by atoms with Crippen molar-refractivity contribution in [2.75, 3.05) is 0 Å². The SMILES string of the molecule is CC[C@@H](c1ccccc1Cl)c1cn(C)nc1F.